The van der Waals surface area contributed by atoms with Gasteiger partial charge in [-0.1, -0.05) is 38.6 Å². The molecule has 7 nitrogen and oxygen atoms in total. The summed E-state index contributed by atoms with van der Waals surface area (Å²) in [6.07, 6.45) is 6.51. The van der Waals surface area contributed by atoms with E-state index in [-0.39, 0.29) is 5.91 Å². The number of carbonyl (C=O) groups excluding carboxylic acids is 1. The summed E-state index contributed by atoms with van der Waals surface area (Å²) in [5.41, 5.74) is 11.7. The molecular weight excluding hydrogens is 408 g/mol. The van der Waals surface area contributed by atoms with E-state index < -0.39 is 0 Å². The Morgan fingerprint density at radius 1 is 1.26 bits per heavy atom. The molecule has 0 fully saturated rings. The topological polar surface area (TPSA) is 98.7 Å². The lowest BCUT2D eigenvalue weighted by Crippen LogP contribution is -2.28. The highest BCUT2D eigenvalue weighted by molar-refractivity contribution is 7.99. The van der Waals surface area contributed by atoms with Crippen molar-refractivity contribution in [3.63, 3.8) is 0 Å². The van der Waals surface area contributed by atoms with Crippen LogP contribution < -0.4 is 11.1 Å². The molecule has 1 aliphatic rings. The molecule has 8 heteroatoms. The standard InChI is InChI=1S/C23H30N6OS/c1-4-15-11-16-6-5-7-17(16)12-18(15)31-23-28-20-21(24)26-13-27-22(20)29(23)9-8-25-19(30)10-14(2)3/h11-14H,4-10H2,1-3H3,(H,25,30)(H2,24,26,27). The fourth-order valence-electron chi connectivity index (χ4n) is 4.09. The lowest BCUT2D eigenvalue weighted by Gasteiger charge is -2.13. The van der Waals surface area contributed by atoms with E-state index in [0.29, 0.717) is 42.4 Å². The van der Waals surface area contributed by atoms with Crippen LogP contribution in [0.4, 0.5) is 5.82 Å². The van der Waals surface area contributed by atoms with Gasteiger partial charge in [0.05, 0.1) is 0 Å². The molecule has 1 aromatic carbocycles. The summed E-state index contributed by atoms with van der Waals surface area (Å²) in [4.78, 5) is 26.6. The molecule has 0 saturated carbocycles. The zero-order valence-corrected chi connectivity index (χ0v) is 19.3. The first-order valence-electron chi connectivity index (χ1n) is 11.0. The number of aromatic nitrogens is 4. The minimum absolute atomic E-state index is 0.0645. The SMILES string of the molecule is CCc1cc2c(cc1Sc1nc3c(N)ncnc3n1CCNC(=O)CC(C)C)CCC2. The van der Waals surface area contributed by atoms with Crippen LogP contribution in [-0.4, -0.2) is 32.0 Å². The summed E-state index contributed by atoms with van der Waals surface area (Å²) in [6.45, 7) is 7.36. The Balaban J connectivity index is 1.64. The Morgan fingerprint density at radius 3 is 2.77 bits per heavy atom. The van der Waals surface area contributed by atoms with Gasteiger partial charge in [-0.15, -0.1) is 0 Å². The van der Waals surface area contributed by atoms with Gasteiger partial charge in [0.15, 0.2) is 22.1 Å². The van der Waals surface area contributed by atoms with Crippen molar-refractivity contribution in [3.05, 3.63) is 35.2 Å². The predicted octanol–water partition coefficient (Wildman–Crippen LogP) is 3.77. The third-order valence-corrected chi connectivity index (χ3v) is 6.73. The summed E-state index contributed by atoms with van der Waals surface area (Å²) in [5.74, 6) is 0.772. The number of rotatable bonds is 8. The average Bonchev–Trinajstić information content (AvgIpc) is 3.32. The smallest absolute Gasteiger partial charge is 0.220 e. The molecule has 2 heterocycles. The molecule has 0 aliphatic heterocycles. The average molecular weight is 439 g/mol. The number of nitrogens with one attached hydrogen (secondary N) is 1. The zero-order valence-electron chi connectivity index (χ0n) is 18.4. The summed E-state index contributed by atoms with van der Waals surface area (Å²) < 4.78 is 2.04. The van der Waals surface area contributed by atoms with Crippen molar-refractivity contribution in [2.45, 2.75) is 69.5 Å². The number of nitrogens with two attached hydrogens (primary N) is 1. The molecule has 31 heavy (non-hydrogen) atoms. The quantitative estimate of drug-likeness (QED) is 0.555. The fraction of sp³-hybridized carbons (Fsp3) is 0.478. The second kappa shape index (κ2) is 9.26. The minimum atomic E-state index is 0.0645. The van der Waals surface area contributed by atoms with E-state index in [2.05, 4.69) is 34.3 Å². The summed E-state index contributed by atoms with van der Waals surface area (Å²) >= 11 is 1.65. The zero-order chi connectivity index (χ0) is 22.0. The highest BCUT2D eigenvalue weighted by Gasteiger charge is 2.19. The minimum Gasteiger partial charge on any atom is -0.382 e. The number of aryl methyl sites for hydroxylation is 3. The first-order valence-corrected chi connectivity index (χ1v) is 11.8. The van der Waals surface area contributed by atoms with Gasteiger partial charge in [0.25, 0.3) is 0 Å². The lowest BCUT2D eigenvalue weighted by atomic mass is 10.0. The van der Waals surface area contributed by atoms with Crippen LogP contribution in [0.25, 0.3) is 11.2 Å². The van der Waals surface area contributed by atoms with Crippen molar-refractivity contribution in [2.75, 3.05) is 12.3 Å². The van der Waals surface area contributed by atoms with E-state index in [1.54, 1.807) is 11.8 Å². The summed E-state index contributed by atoms with van der Waals surface area (Å²) in [6, 6.07) is 4.69. The molecule has 3 N–H and O–H groups in total. The van der Waals surface area contributed by atoms with Crippen molar-refractivity contribution in [3.8, 4) is 0 Å². The van der Waals surface area contributed by atoms with Crippen molar-refractivity contribution < 1.29 is 4.79 Å². The van der Waals surface area contributed by atoms with Crippen LogP contribution in [0.3, 0.4) is 0 Å². The van der Waals surface area contributed by atoms with Gasteiger partial charge in [0, 0.05) is 24.4 Å². The van der Waals surface area contributed by atoms with E-state index in [1.165, 1.54) is 40.8 Å². The number of amides is 1. The number of benzene rings is 1. The Kier molecular flexibility index (Phi) is 6.46. The molecule has 1 amide bonds. The maximum atomic E-state index is 12.1. The second-order valence-corrected chi connectivity index (χ2v) is 9.47. The number of anilines is 1. The highest BCUT2D eigenvalue weighted by Crippen LogP contribution is 2.36. The number of nitrogen functional groups attached to an aromatic ring is 1. The maximum Gasteiger partial charge on any atom is 0.220 e. The van der Waals surface area contributed by atoms with Crippen molar-refractivity contribution >= 4 is 34.7 Å². The normalized spacial score (nSPS) is 13.2. The van der Waals surface area contributed by atoms with Crippen LogP contribution in [0.15, 0.2) is 28.5 Å². The number of imidazole rings is 1. The molecule has 0 radical (unpaired) electrons. The number of fused-ring (bicyclic) bond motifs is 2. The van der Waals surface area contributed by atoms with Crippen LogP contribution in [0.2, 0.25) is 0 Å². The molecule has 0 unspecified atom stereocenters. The Morgan fingerprint density at radius 2 is 2.03 bits per heavy atom. The Bertz CT molecular complexity index is 1110. The van der Waals surface area contributed by atoms with Crippen LogP contribution in [0, 0.1) is 5.92 Å². The molecule has 0 spiro atoms. The molecular formula is C23H30N6OS. The van der Waals surface area contributed by atoms with Crippen LogP contribution in [-0.2, 0) is 30.6 Å². The van der Waals surface area contributed by atoms with Crippen molar-refractivity contribution in [1.82, 2.24) is 24.8 Å². The van der Waals surface area contributed by atoms with E-state index in [0.717, 1.165) is 18.0 Å². The molecule has 4 rings (SSSR count). The van der Waals surface area contributed by atoms with Crippen LogP contribution >= 0.6 is 11.8 Å². The van der Waals surface area contributed by atoms with E-state index in [1.807, 2.05) is 18.4 Å². The third kappa shape index (κ3) is 4.69. The van der Waals surface area contributed by atoms with Crippen LogP contribution in [0.5, 0.6) is 0 Å². The van der Waals surface area contributed by atoms with E-state index in [4.69, 9.17) is 10.7 Å². The number of carbonyl (C=O) groups is 1. The fourth-order valence-corrected chi connectivity index (χ4v) is 5.24. The molecule has 0 atom stereocenters. The van der Waals surface area contributed by atoms with Gasteiger partial charge in [-0.25, -0.2) is 15.0 Å². The molecule has 2 aromatic heterocycles. The van der Waals surface area contributed by atoms with Gasteiger partial charge < -0.3 is 15.6 Å². The van der Waals surface area contributed by atoms with Crippen LogP contribution in [0.1, 0.15) is 50.3 Å². The van der Waals surface area contributed by atoms with Gasteiger partial charge >= 0.3 is 0 Å². The lowest BCUT2D eigenvalue weighted by molar-refractivity contribution is -0.121. The number of hydrogen-bond donors (Lipinski definition) is 2. The highest BCUT2D eigenvalue weighted by atomic mass is 32.2. The van der Waals surface area contributed by atoms with Crippen molar-refractivity contribution in [2.24, 2.45) is 5.92 Å². The molecule has 0 bridgehead atoms. The third-order valence-electron chi connectivity index (χ3n) is 5.63. The summed E-state index contributed by atoms with van der Waals surface area (Å²) in [7, 11) is 0. The van der Waals surface area contributed by atoms with Gasteiger partial charge in [-0.3, -0.25) is 4.79 Å². The largest absolute Gasteiger partial charge is 0.382 e. The molecule has 3 aromatic rings. The maximum absolute atomic E-state index is 12.1. The van der Waals surface area contributed by atoms with Gasteiger partial charge in [-0.2, -0.15) is 0 Å². The Hall–Kier alpha value is -2.61. The molecule has 0 saturated heterocycles. The summed E-state index contributed by atoms with van der Waals surface area (Å²) in [5, 5.41) is 3.83. The first kappa shape index (κ1) is 21.6. The predicted molar refractivity (Wildman–Crippen MR) is 124 cm³/mol. The Labute approximate surface area is 187 Å². The van der Waals surface area contributed by atoms with Crippen molar-refractivity contribution in [1.29, 1.82) is 0 Å². The van der Waals surface area contributed by atoms with Gasteiger partial charge in [0.2, 0.25) is 5.91 Å². The van der Waals surface area contributed by atoms with Gasteiger partial charge in [0.1, 0.15) is 6.33 Å². The first-order chi connectivity index (χ1) is 15.0. The van der Waals surface area contributed by atoms with Gasteiger partial charge in [-0.05, 0) is 54.4 Å². The molecule has 164 valence electrons. The van der Waals surface area contributed by atoms with E-state index in [9.17, 15) is 4.79 Å². The number of hydrogen-bond acceptors (Lipinski definition) is 6. The molecule has 1 aliphatic carbocycles. The number of nitrogens with zero attached hydrogens (tertiary/aromatic N) is 4. The van der Waals surface area contributed by atoms with E-state index >= 15 is 0 Å². The second-order valence-electron chi connectivity index (χ2n) is 8.46. The monoisotopic (exact) mass is 438 g/mol.